The summed E-state index contributed by atoms with van der Waals surface area (Å²) in [5, 5.41) is 2.84. The van der Waals surface area contributed by atoms with Gasteiger partial charge in [-0.2, -0.15) is 0 Å². The SMILES string of the molecule is COC(C)(C)O[C@H]1C(=O)NC1c1ccccc1. The lowest BCUT2D eigenvalue weighted by molar-refractivity contribution is -0.238. The van der Waals surface area contributed by atoms with Crippen LogP contribution in [0.3, 0.4) is 0 Å². The summed E-state index contributed by atoms with van der Waals surface area (Å²) in [4.78, 5) is 11.5. The molecule has 1 fully saturated rings. The maximum absolute atomic E-state index is 11.5. The zero-order valence-corrected chi connectivity index (χ0v) is 10.3. The molecule has 1 N–H and O–H groups in total. The Morgan fingerprint density at radius 3 is 2.41 bits per heavy atom. The Hall–Kier alpha value is -1.39. The zero-order chi connectivity index (χ0) is 12.5. The van der Waals surface area contributed by atoms with Gasteiger partial charge in [0.2, 0.25) is 0 Å². The highest BCUT2D eigenvalue weighted by Gasteiger charge is 2.44. The summed E-state index contributed by atoms with van der Waals surface area (Å²) in [7, 11) is 1.56. The van der Waals surface area contributed by atoms with Crippen molar-refractivity contribution in [1.82, 2.24) is 5.32 Å². The summed E-state index contributed by atoms with van der Waals surface area (Å²) < 4.78 is 10.8. The second-order valence-electron chi connectivity index (χ2n) is 4.54. The smallest absolute Gasteiger partial charge is 0.252 e. The van der Waals surface area contributed by atoms with Crippen molar-refractivity contribution in [3.63, 3.8) is 0 Å². The average Bonchev–Trinajstić information content (AvgIpc) is 2.34. The van der Waals surface area contributed by atoms with Gasteiger partial charge in [-0.15, -0.1) is 0 Å². The van der Waals surface area contributed by atoms with Gasteiger partial charge in [0.05, 0.1) is 6.04 Å². The number of nitrogens with one attached hydrogen (secondary N) is 1. The van der Waals surface area contributed by atoms with E-state index in [0.717, 1.165) is 5.56 Å². The molecule has 2 rings (SSSR count). The van der Waals surface area contributed by atoms with Crippen LogP contribution in [0.4, 0.5) is 0 Å². The van der Waals surface area contributed by atoms with Crippen LogP contribution < -0.4 is 5.32 Å². The van der Waals surface area contributed by atoms with Crippen LogP contribution in [0.5, 0.6) is 0 Å². The van der Waals surface area contributed by atoms with E-state index in [4.69, 9.17) is 9.47 Å². The molecule has 2 atom stereocenters. The first kappa shape index (κ1) is 12.1. The number of carbonyl (C=O) groups is 1. The number of amides is 1. The van der Waals surface area contributed by atoms with Crippen molar-refractivity contribution in [3.05, 3.63) is 35.9 Å². The van der Waals surface area contributed by atoms with Gasteiger partial charge in [0.15, 0.2) is 11.9 Å². The van der Waals surface area contributed by atoms with Crippen molar-refractivity contribution in [2.75, 3.05) is 7.11 Å². The third kappa shape index (κ3) is 2.48. The minimum absolute atomic E-state index is 0.0851. The van der Waals surface area contributed by atoms with Gasteiger partial charge in [-0.05, 0) is 19.4 Å². The molecule has 0 bridgehead atoms. The molecule has 1 aromatic carbocycles. The minimum Gasteiger partial charge on any atom is -0.354 e. The molecule has 1 aromatic rings. The highest BCUT2D eigenvalue weighted by molar-refractivity contribution is 5.88. The molecule has 0 aromatic heterocycles. The molecule has 0 aliphatic carbocycles. The molecule has 17 heavy (non-hydrogen) atoms. The number of benzene rings is 1. The zero-order valence-electron chi connectivity index (χ0n) is 10.3. The fourth-order valence-corrected chi connectivity index (χ4v) is 1.76. The van der Waals surface area contributed by atoms with E-state index < -0.39 is 11.9 Å². The summed E-state index contributed by atoms with van der Waals surface area (Å²) >= 11 is 0. The Morgan fingerprint density at radius 2 is 1.88 bits per heavy atom. The van der Waals surface area contributed by atoms with Gasteiger partial charge >= 0.3 is 0 Å². The Morgan fingerprint density at radius 1 is 1.24 bits per heavy atom. The topological polar surface area (TPSA) is 47.6 Å². The molecule has 1 amide bonds. The van der Waals surface area contributed by atoms with E-state index in [9.17, 15) is 4.79 Å². The van der Waals surface area contributed by atoms with Crippen LogP contribution in [-0.2, 0) is 14.3 Å². The summed E-state index contributed by atoms with van der Waals surface area (Å²) in [6.07, 6.45) is -0.479. The second kappa shape index (κ2) is 4.47. The molecule has 92 valence electrons. The first-order chi connectivity index (χ1) is 8.03. The number of carbonyl (C=O) groups excluding carboxylic acids is 1. The highest BCUT2D eigenvalue weighted by Crippen LogP contribution is 2.30. The van der Waals surface area contributed by atoms with Crippen molar-refractivity contribution < 1.29 is 14.3 Å². The normalized spacial score (nSPS) is 24.1. The summed E-state index contributed by atoms with van der Waals surface area (Å²) in [5.74, 6) is -0.848. The van der Waals surface area contributed by atoms with Crippen LogP contribution >= 0.6 is 0 Å². The van der Waals surface area contributed by atoms with Crippen LogP contribution in [-0.4, -0.2) is 24.9 Å². The van der Waals surface area contributed by atoms with E-state index in [1.165, 1.54) is 0 Å². The first-order valence-electron chi connectivity index (χ1n) is 5.62. The molecule has 0 saturated carbocycles. The fourth-order valence-electron chi connectivity index (χ4n) is 1.76. The van der Waals surface area contributed by atoms with Gasteiger partial charge in [-0.1, -0.05) is 30.3 Å². The van der Waals surface area contributed by atoms with Crippen molar-refractivity contribution in [3.8, 4) is 0 Å². The molecular formula is C13H17NO3. The third-order valence-corrected chi connectivity index (χ3v) is 2.92. The van der Waals surface area contributed by atoms with Gasteiger partial charge in [0.25, 0.3) is 5.91 Å². The maximum Gasteiger partial charge on any atom is 0.252 e. The number of hydrogen-bond acceptors (Lipinski definition) is 3. The molecule has 0 radical (unpaired) electrons. The third-order valence-electron chi connectivity index (χ3n) is 2.92. The van der Waals surface area contributed by atoms with Crippen LogP contribution in [0.1, 0.15) is 25.5 Å². The monoisotopic (exact) mass is 235 g/mol. The Bertz CT molecular complexity index is 402. The molecule has 1 aliphatic heterocycles. The van der Waals surface area contributed by atoms with Gasteiger partial charge in [-0.3, -0.25) is 4.79 Å². The van der Waals surface area contributed by atoms with Crippen molar-refractivity contribution in [2.45, 2.75) is 31.8 Å². The quantitative estimate of drug-likeness (QED) is 0.637. The maximum atomic E-state index is 11.5. The fraction of sp³-hybridized carbons (Fsp3) is 0.462. The van der Waals surface area contributed by atoms with E-state index in [1.807, 2.05) is 30.3 Å². The molecule has 4 heteroatoms. The summed E-state index contributed by atoms with van der Waals surface area (Å²) in [6.45, 7) is 3.58. The Kier molecular flexibility index (Phi) is 3.17. The van der Waals surface area contributed by atoms with E-state index in [-0.39, 0.29) is 11.9 Å². The molecule has 1 aliphatic rings. The molecule has 4 nitrogen and oxygen atoms in total. The highest BCUT2D eigenvalue weighted by atomic mass is 16.7. The lowest BCUT2D eigenvalue weighted by atomic mass is 9.94. The lowest BCUT2D eigenvalue weighted by Crippen LogP contribution is -2.59. The van der Waals surface area contributed by atoms with E-state index in [2.05, 4.69) is 5.32 Å². The van der Waals surface area contributed by atoms with Crippen LogP contribution in [0.2, 0.25) is 0 Å². The van der Waals surface area contributed by atoms with Crippen molar-refractivity contribution in [1.29, 1.82) is 0 Å². The Balaban J connectivity index is 2.09. The summed E-state index contributed by atoms with van der Waals surface area (Å²) in [6, 6.07) is 9.69. The van der Waals surface area contributed by atoms with Gasteiger partial charge in [-0.25, -0.2) is 0 Å². The average molecular weight is 235 g/mol. The van der Waals surface area contributed by atoms with Crippen LogP contribution in [0, 0.1) is 0 Å². The molecule has 1 unspecified atom stereocenters. The first-order valence-corrected chi connectivity index (χ1v) is 5.62. The number of hydrogen-bond donors (Lipinski definition) is 1. The largest absolute Gasteiger partial charge is 0.354 e. The molecular weight excluding hydrogens is 218 g/mol. The van der Waals surface area contributed by atoms with Gasteiger partial charge in [0.1, 0.15) is 0 Å². The van der Waals surface area contributed by atoms with E-state index in [1.54, 1.807) is 21.0 Å². The van der Waals surface area contributed by atoms with Gasteiger partial charge < -0.3 is 14.8 Å². The number of methoxy groups -OCH3 is 1. The standard InChI is InChI=1S/C13H17NO3/c1-13(2,16-3)17-11-10(14-12(11)15)9-7-5-4-6-8-9/h4-8,10-11H,1-3H3,(H,14,15)/t10?,11-/m1/s1. The van der Waals surface area contributed by atoms with Crippen LogP contribution in [0.25, 0.3) is 0 Å². The second-order valence-corrected chi connectivity index (χ2v) is 4.54. The predicted octanol–water partition coefficient (Wildman–Crippen LogP) is 1.63. The lowest BCUT2D eigenvalue weighted by Gasteiger charge is -2.40. The number of rotatable bonds is 4. The predicted molar refractivity (Wildman–Crippen MR) is 63.3 cm³/mol. The van der Waals surface area contributed by atoms with Crippen LogP contribution in [0.15, 0.2) is 30.3 Å². The van der Waals surface area contributed by atoms with Crippen molar-refractivity contribution >= 4 is 5.91 Å². The van der Waals surface area contributed by atoms with E-state index in [0.29, 0.717) is 0 Å². The molecule has 1 heterocycles. The van der Waals surface area contributed by atoms with Crippen molar-refractivity contribution in [2.24, 2.45) is 0 Å². The van der Waals surface area contributed by atoms with E-state index >= 15 is 0 Å². The summed E-state index contributed by atoms with van der Waals surface area (Å²) in [5.41, 5.74) is 1.05. The molecule has 1 saturated heterocycles. The number of ether oxygens (including phenoxy) is 2. The molecule has 0 spiro atoms. The Labute approximate surface area is 101 Å². The van der Waals surface area contributed by atoms with Gasteiger partial charge in [0, 0.05) is 7.11 Å². The minimum atomic E-state index is -0.755. The number of β-lactam (4-membered cyclic amide) rings is 1.